The molecule has 5 rings (SSSR count). The Kier molecular flexibility index (Phi) is 6.41. The quantitative estimate of drug-likeness (QED) is 0.450. The van der Waals surface area contributed by atoms with Crippen LogP contribution in [0.25, 0.3) is 0 Å². The van der Waals surface area contributed by atoms with E-state index in [0.29, 0.717) is 22.6 Å². The number of benzene rings is 1. The van der Waals surface area contributed by atoms with E-state index >= 15 is 0 Å². The van der Waals surface area contributed by atoms with Crippen molar-refractivity contribution in [1.82, 2.24) is 14.9 Å². The van der Waals surface area contributed by atoms with Crippen LogP contribution >= 0.6 is 12.2 Å². The standard InChI is InChI=1S/C25H29N5O3S2/c1-33-22-13-12-18(16-20(22)28-35(2,31)32)30-24(21-11-7-15-29(21)17-8-3-4-9-17)23(27-25(30)34)19-10-5-6-14-26-19/h5-7,10-17,23-24,28H,3-4,8-9H2,1-2H3,(H,27,34). The van der Waals surface area contributed by atoms with Crippen molar-refractivity contribution in [3.63, 3.8) is 0 Å². The summed E-state index contributed by atoms with van der Waals surface area (Å²) >= 11 is 5.85. The van der Waals surface area contributed by atoms with Crippen LogP contribution in [0.15, 0.2) is 60.9 Å². The van der Waals surface area contributed by atoms with Crippen LogP contribution in [0.1, 0.15) is 55.2 Å². The zero-order chi connectivity index (χ0) is 24.6. The van der Waals surface area contributed by atoms with Crippen LogP contribution in [-0.4, -0.2) is 36.4 Å². The van der Waals surface area contributed by atoms with Gasteiger partial charge in [0.25, 0.3) is 0 Å². The second kappa shape index (κ2) is 9.50. The maximum atomic E-state index is 12.0. The Labute approximate surface area is 211 Å². The van der Waals surface area contributed by atoms with E-state index in [1.54, 1.807) is 18.3 Å². The average molecular weight is 512 g/mol. The normalized spacial score (nSPS) is 20.7. The molecule has 1 aliphatic carbocycles. The number of hydrogen-bond donors (Lipinski definition) is 2. The number of pyridine rings is 1. The molecule has 0 radical (unpaired) electrons. The Morgan fingerprint density at radius 3 is 2.63 bits per heavy atom. The van der Waals surface area contributed by atoms with E-state index in [9.17, 15) is 8.42 Å². The summed E-state index contributed by atoms with van der Waals surface area (Å²) in [7, 11) is -1.99. The van der Waals surface area contributed by atoms with Gasteiger partial charge in [-0.1, -0.05) is 18.9 Å². The van der Waals surface area contributed by atoms with Crippen LogP contribution in [0, 0.1) is 0 Å². The number of methoxy groups -OCH3 is 1. The summed E-state index contributed by atoms with van der Waals surface area (Å²) in [5, 5.41) is 4.04. The van der Waals surface area contributed by atoms with Gasteiger partial charge in [-0.15, -0.1) is 0 Å². The number of nitrogens with zero attached hydrogens (tertiary/aromatic N) is 3. The molecule has 2 fully saturated rings. The van der Waals surface area contributed by atoms with Crippen LogP contribution < -0.4 is 19.7 Å². The summed E-state index contributed by atoms with van der Waals surface area (Å²) in [6.07, 6.45) is 9.85. The Morgan fingerprint density at radius 1 is 1.14 bits per heavy atom. The summed E-state index contributed by atoms with van der Waals surface area (Å²) < 4.78 is 34.4. The Morgan fingerprint density at radius 2 is 1.94 bits per heavy atom. The van der Waals surface area contributed by atoms with Gasteiger partial charge in [0.2, 0.25) is 10.0 Å². The second-order valence-electron chi connectivity index (χ2n) is 9.03. The molecule has 2 aromatic heterocycles. The second-order valence-corrected chi connectivity index (χ2v) is 11.2. The predicted molar refractivity (Wildman–Crippen MR) is 141 cm³/mol. The number of nitrogens with one attached hydrogen (secondary N) is 2. The van der Waals surface area contributed by atoms with Gasteiger partial charge in [-0.2, -0.15) is 0 Å². The number of hydrogen-bond acceptors (Lipinski definition) is 5. The van der Waals surface area contributed by atoms with Crippen LogP contribution in [0.2, 0.25) is 0 Å². The molecule has 1 aliphatic heterocycles. The summed E-state index contributed by atoms with van der Waals surface area (Å²) in [5.74, 6) is 0.435. The maximum absolute atomic E-state index is 12.0. The zero-order valence-corrected chi connectivity index (χ0v) is 21.3. The first-order valence-electron chi connectivity index (χ1n) is 11.7. The maximum Gasteiger partial charge on any atom is 0.229 e. The van der Waals surface area contributed by atoms with Crippen molar-refractivity contribution in [2.75, 3.05) is 23.0 Å². The van der Waals surface area contributed by atoms with Crippen molar-refractivity contribution in [3.8, 4) is 5.75 Å². The Balaban J connectivity index is 1.63. The molecule has 0 spiro atoms. The topological polar surface area (TPSA) is 88.5 Å². The minimum atomic E-state index is -3.50. The molecule has 184 valence electrons. The van der Waals surface area contributed by atoms with Gasteiger partial charge < -0.3 is 19.5 Å². The fraction of sp³-hybridized carbons (Fsp3) is 0.360. The molecule has 1 saturated heterocycles. The van der Waals surface area contributed by atoms with Crippen molar-refractivity contribution in [3.05, 3.63) is 72.3 Å². The fourth-order valence-electron chi connectivity index (χ4n) is 5.23. The van der Waals surface area contributed by atoms with Gasteiger partial charge in [-0.3, -0.25) is 9.71 Å². The van der Waals surface area contributed by atoms with Crippen molar-refractivity contribution in [2.24, 2.45) is 0 Å². The molecule has 3 heterocycles. The van der Waals surface area contributed by atoms with Gasteiger partial charge in [-0.25, -0.2) is 8.42 Å². The van der Waals surface area contributed by atoms with Crippen LogP contribution in [0.3, 0.4) is 0 Å². The molecule has 2 atom stereocenters. The van der Waals surface area contributed by atoms with Gasteiger partial charge in [0.15, 0.2) is 5.11 Å². The molecule has 10 heteroatoms. The predicted octanol–water partition coefficient (Wildman–Crippen LogP) is 4.56. The zero-order valence-electron chi connectivity index (χ0n) is 19.7. The molecule has 35 heavy (non-hydrogen) atoms. The molecular formula is C25H29N5O3S2. The highest BCUT2D eigenvalue weighted by Gasteiger charge is 2.42. The summed E-state index contributed by atoms with van der Waals surface area (Å²) in [6, 6.07) is 15.7. The summed E-state index contributed by atoms with van der Waals surface area (Å²) in [5.41, 5.74) is 3.16. The molecule has 2 N–H and O–H groups in total. The van der Waals surface area contributed by atoms with Crippen molar-refractivity contribution in [2.45, 2.75) is 43.8 Å². The summed E-state index contributed by atoms with van der Waals surface area (Å²) in [4.78, 5) is 6.69. The van der Waals surface area contributed by atoms with Gasteiger partial charge >= 0.3 is 0 Å². The van der Waals surface area contributed by atoms with Gasteiger partial charge in [0, 0.05) is 29.8 Å². The third kappa shape index (κ3) is 4.72. The van der Waals surface area contributed by atoms with Gasteiger partial charge in [0.05, 0.1) is 30.8 Å². The molecular weight excluding hydrogens is 482 g/mol. The van der Waals surface area contributed by atoms with E-state index in [2.05, 4.69) is 42.8 Å². The lowest BCUT2D eigenvalue weighted by Crippen LogP contribution is -2.30. The lowest BCUT2D eigenvalue weighted by molar-refractivity contribution is 0.417. The van der Waals surface area contributed by atoms with Crippen LogP contribution in [-0.2, 0) is 10.0 Å². The highest BCUT2D eigenvalue weighted by Crippen LogP contribution is 2.45. The van der Waals surface area contributed by atoms with E-state index < -0.39 is 10.0 Å². The average Bonchev–Trinajstić information content (AvgIpc) is 3.58. The van der Waals surface area contributed by atoms with E-state index in [-0.39, 0.29) is 12.1 Å². The highest BCUT2D eigenvalue weighted by molar-refractivity contribution is 7.92. The lowest BCUT2D eigenvalue weighted by Gasteiger charge is -2.30. The fourth-order valence-corrected chi connectivity index (χ4v) is 6.14. The van der Waals surface area contributed by atoms with E-state index in [0.717, 1.165) is 36.2 Å². The third-order valence-corrected chi connectivity index (χ3v) is 7.59. The lowest BCUT2D eigenvalue weighted by atomic mass is 10.00. The van der Waals surface area contributed by atoms with Crippen molar-refractivity contribution in [1.29, 1.82) is 0 Å². The molecule has 1 saturated carbocycles. The number of rotatable bonds is 7. The molecule has 0 bridgehead atoms. The van der Waals surface area contributed by atoms with Gasteiger partial charge in [0.1, 0.15) is 11.8 Å². The molecule has 3 aromatic rings. The molecule has 2 unspecified atom stereocenters. The van der Waals surface area contributed by atoms with Crippen molar-refractivity contribution < 1.29 is 13.2 Å². The molecule has 2 aliphatic rings. The third-order valence-electron chi connectivity index (χ3n) is 6.69. The summed E-state index contributed by atoms with van der Waals surface area (Å²) in [6.45, 7) is 0. The molecule has 8 nitrogen and oxygen atoms in total. The van der Waals surface area contributed by atoms with E-state index in [4.69, 9.17) is 17.0 Å². The van der Waals surface area contributed by atoms with E-state index in [1.807, 2.05) is 24.3 Å². The van der Waals surface area contributed by atoms with Crippen LogP contribution in [0.4, 0.5) is 11.4 Å². The smallest absolute Gasteiger partial charge is 0.229 e. The number of thiocarbonyl (C=S) groups is 1. The first kappa shape index (κ1) is 23.6. The largest absolute Gasteiger partial charge is 0.495 e. The molecule has 0 amide bonds. The Bertz CT molecular complexity index is 1320. The van der Waals surface area contributed by atoms with Crippen LogP contribution in [0.5, 0.6) is 5.75 Å². The highest BCUT2D eigenvalue weighted by atomic mass is 32.2. The molecule has 1 aromatic carbocycles. The van der Waals surface area contributed by atoms with Gasteiger partial charge in [-0.05, 0) is 67.5 Å². The SMILES string of the molecule is COc1ccc(N2C(=S)NC(c3ccccn3)C2c2cccn2C2CCCC2)cc1NS(C)(=O)=O. The number of sulfonamides is 1. The minimum Gasteiger partial charge on any atom is -0.495 e. The Hall–Kier alpha value is -3.11. The van der Waals surface area contributed by atoms with E-state index in [1.165, 1.54) is 20.0 Å². The number of aromatic nitrogens is 2. The first-order valence-corrected chi connectivity index (χ1v) is 14.0. The first-order chi connectivity index (χ1) is 16.9. The van der Waals surface area contributed by atoms with Crippen molar-refractivity contribution >= 4 is 38.7 Å². The number of ether oxygens (including phenoxy) is 1. The monoisotopic (exact) mass is 511 g/mol. The number of anilines is 2. The minimum absolute atomic E-state index is 0.174.